The summed E-state index contributed by atoms with van der Waals surface area (Å²) < 4.78 is 35.1. The fraction of sp³-hybridized carbons (Fsp3) is 0.125. The summed E-state index contributed by atoms with van der Waals surface area (Å²) in [6.07, 6.45) is 0. The largest absolute Gasteiger partial charge is 0.495 e. The van der Waals surface area contributed by atoms with Crippen LogP contribution in [0.15, 0.2) is 23.1 Å². The van der Waals surface area contributed by atoms with Crippen molar-refractivity contribution >= 4 is 16.1 Å². The molecule has 0 fully saturated rings. The summed E-state index contributed by atoms with van der Waals surface area (Å²) in [6, 6.07) is 3.05. The van der Waals surface area contributed by atoms with Gasteiger partial charge in [-0.05, 0) is 18.2 Å². The van der Waals surface area contributed by atoms with E-state index in [1.54, 1.807) is 0 Å². The second-order valence-electron chi connectivity index (χ2n) is 2.65. The molecule has 7 heteroatoms. The van der Waals surface area contributed by atoms with Crippen LogP contribution in [0.4, 0.5) is 0 Å². The normalized spacial score (nSPS) is 11.1. The van der Waals surface area contributed by atoms with Gasteiger partial charge in [-0.15, -0.1) is 0 Å². The van der Waals surface area contributed by atoms with Gasteiger partial charge in [-0.2, -0.15) is 8.42 Å². The van der Waals surface area contributed by atoms with Crippen LogP contribution in [0.1, 0.15) is 10.4 Å². The second-order valence-corrected chi connectivity index (χ2v) is 4.04. The molecule has 82 valence electrons. The Kier molecular flexibility index (Phi) is 2.96. The highest BCUT2D eigenvalue weighted by Gasteiger charge is 2.18. The maximum atomic E-state index is 10.8. The van der Waals surface area contributed by atoms with Gasteiger partial charge in [-0.25, -0.2) is 4.79 Å². The van der Waals surface area contributed by atoms with Gasteiger partial charge in [0, 0.05) is 0 Å². The van der Waals surface area contributed by atoms with Crippen molar-refractivity contribution in [1.29, 1.82) is 0 Å². The molecule has 0 bridgehead atoms. The molecule has 0 radical (unpaired) electrons. The first-order valence-electron chi connectivity index (χ1n) is 3.75. The van der Waals surface area contributed by atoms with Gasteiger partial charge in [-0.1, -0.05) is 0 Å². The van der Waals surface area contributed by atoms with Gasteiger partial charge in [0.1, 0.15) is 10.6 Å². The molecule has 0 spiro atoms. The summed E-state index contributed by atoms with van der Waals surface area (Å²) in [5.41, 5.74) is -0.126. The zero-order valence-corrected chi connectivity index (χ0v) is 8.48. The minimum atomic E-state index is -4.41. The van der Waals surface area contributed by atoms with E-state index in [9.17, 15) is 13.2 Å². The molecule has 6 nitrogen and oxygen atoms in total. The Morgan fingerprint density at radius 1 is 1.40 bits per heavy atom. The number of carbonyl (C=O) groups is 1. The van der Waals surface area contributed by atoms with Crippen molar-refractivity contribution in [2.45, 2.75) is 4.90 Å². The first-order valence-corrected chi connectivity index (χ1v) is 5.19. The maximum Gasteiger partial charge on any atom is 0.335 e. The van der Waals surface area contributed by atoms with Crippen LogP contribution in [-0.4, -0.2) is 31.2 Å². The van der Waals surface area contributed by atoms with Crippen LogP contribution in [0.2, 0.25) is 0 Å². The van der Waals surface area contributed by atoms with Crippen molar-refractivity contribution < 1.29 is 27.6 Å². The number of hydrogen-bond acceptors (Lipinski definition) is 4. The molecule has 15 heavy (non-hydrogen) atoms. The Morgan fingerprint density at radius 3 is 2.40 bits per heavy atom. The molecular weight excluding hydrogens is 224 g/mol. The van der Waals surface area contributed by atoms with Crippen LogP contribution in [0, 0.1) is 0 Å². The predicted octanol–water partition coefficient (Wildman–Crippen LogP) is 0.640. The number of rotatable bonds is 3. The third-order valence-electron chi connectivity index (χ3n) is 1.69. The summed E-state index contributed by atoms with van der Waals surface area (Å²) in [7, 11) is -3.23. The van der Waals surface area contributed by atoms with Gasteiger partial charge in [0.2, 0.25) is 0 Å². The number of aromatic carboxylic acids is 1. The average Bonchev–Trinajstić information content (AvgIpc) is 2.15. The van der Waals surface area contributed by atoms with Gasteiger partial charge in [0.25, 0.3) is 10.1 Å². The number of hydrogen-bond donors (Lipinski definition) is 2. The lowest BCUT2D eigenvalue weighted by Crippen LogP contribution is -2.04. The fourth-order valence-corrected chi connectivity index (χ4v) is 1.65. The molecule has 0 aromatic heterocycles. The quantitative estimate of drug-likeness (QED) is 0.741. The van der Waals surface area contributed by atoms with E-state index in [0.717, 1.165) is 18.2 Å². The Balaban J connectivity index is 3.40. The Morgan fingerprint density at radius 2 is 2.00 bits per heavy atom. The Labute approximate surface area is 85.9 Å². The predicted molar refractivity (Wildman–Crippen MR) is 49.8 cm³/mol. The molecule has 0 aliphatic rings. The molecular formula is C8H8O6S. The molecule has 0 unspecified atom stereocenters. The van der Waals surface area contributed by atoms with Crippen LogP contribution in [0.25, 0.3) is 0 Å². The molecule has 0 atom stereocenters. The van der Waals surface area contributed by atoms with Gasteiger partial charge in [-0.3, -0.25) is 4.55 Å². The number of carboxylic acids is 1. The van der Waals surface area contributed by atoms with Crippen LogP contribution in [-0.2, 0) is 10.1 Å². The van der Waals surface area contributed by atoms with E-state index < -0.39 is 21.0 Å². The first kappa shape index (κ1) is 11.5. The van der Waals surface area contributed by atoms with Crippen molar-refractivity contribution in [1.82, 2.24) is 0 Å². The van der Waals surface area contributed by atoms with E-state index in [1.807, 2.05) is 0 Å². The van der Waals surface area contributed by atoms with E-state index >= 15 is 0 Å². The maximum absolute atomic E-state index is 10.8. The smallest absolute Gasteiger partial charge is 0.335 e. The van der Waals surface area contributed by atoms with Gasteiger partial charge in [0.05, 0.1) is 12.7 Å². The molecule has 0 saturated carbocycles. The molecule has 0 aliphatic carbocycles. The number of benzene rings is 1. The zero-order valence-electron chi connectivity index (χ0n) is 7.67. The van der Waals surface area contributed by atoms with E-state index in [0.29, 0.717) is 0 Å². The monoisotopic (exact) mass is 232 g/mol. The highest BCUT2D eigenvalue weighted by Crippen LogP contribution is 2.24. The molecule has 0 aliphatic heterocycles. The van der Waals surface area contributed by atoms with Crippen molar-refractivity contribution in [2.75, 3.05) is 7.11 Å². The third-order valence-corrected chi connectivity index (χ3v) is 2.58. The van der Waals surface area contributed by atoms with Gasteiger partial charge in [0.15, 0.2) is 0 Å². The number of methoxy groups -OCH3 is 1. The highest BCUT2D eigenvalue weighted by molar-refractivity contribution is 7.86. The number of carboxylic acid groups (broad SMARTS) is 1. The van der Waals surface area contributed by atoms with Crippen LogP contribution >= 0.6 is 0 Å². The zero-order chi connectivity index (χ0) is 11.6. The standard InChI is InChI=1S/C8H8O6S/c1-14-6-4-5(8(9)10)2-3-7(6)15(11,12)13/h2-4H,1H3,(H,9,10)(H,11,12,13). The van der Waals surface area contributed by atoms with E-state index in [-0.39, 0.29) is 11.3 Å². The van der Waals surface area contributed by atoms with Crippen LogP contribution < -0.4 is 4.74 Å². The Bertz CT molecular complexity index is 490. The summed E-state index contributed by atoms with van der Waals surface area (Å²) >= 11 is 0. The first-order chi connectivity index (χ1) is 6.86. The van der Waals surface area contributed by atoms with E-state index in [2.05, 4.69) is 4.74 Å². The lowest BCUT2D eigenvalue weighted by molar-refractivity contribution is 0.0696. The van der Waals surface area contributed by atoms with Crippen molar-refractivity contribution in [3.8, 4) is 5.75 Å². The van der Waals surface area contributed by atoms with Crippen molar-refractivity contribution in [3.63, 3.8) is 0 Å². The van der Waals surface area contributed by atoms with E-state index in [4.69, 9.17) is 9.66 Å². The average molecular weight is 232 g/mol. The Hall–Kier alpha value is -1.60. The minimum Gasteiger partial charge on any atom is -0.495 e. The topological polar surface area (TPSA) is 101 Å². The van der Waals surface area contributed by atoms with E-state index in [1.165, 1.54) is 7.11 Å². The van der Waals surface area contributed by atoms with Gasteiger partial charge < -0.3 is 9.84 Å². The summed E-state index contributed by atoms with van der Waals surface area (Å²) in [5, 5.41) is 8.63. The lowest BCUT2D eigenvalue weighted by atomic mass is 10.2. The van der Waals surface area contributed by atoms with Crippen LogP contribution in [0.3, 0.4) is 0 Å². The summed E-state index contributed by atoms with van der Waals surface area (Å²) in [4.78, 5) is 10.1. The lowest BCUT2D eigenvalue weighted by Gasteiger charge is -2.06. The fourth-order valence-electron chi connectivity index (χ4n) is 1.01. The van der Waals surface area contributed by atoms with Gasteiger partial charge >= 0.3 is 5.97 Å². The molecule has 2 N–H and O–H groups in total. The molecule has 0 heterocycles. The molecule has 1 aromatic rings. The highest BCUT2D eigenvalue weighted by atomic mass is 32.2. The third kappa shape index (κ3) is 2.45. The molecule has 1 rings (SSSR count). The minimum absolute atomic E-state index is 0.126. The molecule has 1 aromatic carbocycles. The molecule has 0 amide bonds. The van der Waals surface area contributed by atoms with Crippen molar-refractivity contribution in [3.05, 3.63) is 23.8 Å². The second kappa shape index (κ2) is 3.87. The SMILES string of the molecule is COc1cc(C(=O)O)ccc1S(=O)(=O)O. The summed E-state index contributed by atoms with van der Waals surface area (Å²) in [6.45, 7) is 0. The van der Waals surface area contributed by atoms with Crippen molar-refractivity contribution in [2.24, 2.45) is 0 Å². The molecule has 0 saturated heterocycles. The number of ether oxygens (including phenoxy) is 1. The van der Waals surface area contributed by atoms with Crippen LogP contribution in [0.5, 0.6) is 5.75 Å². The summed E-state index contributed by atoms with van der Waals surface area (Å²) in [5.74, 6) is -1.42.